The van der Waals surface area contributed by atoms with E-state index in [0.717, 1.165) is 44.1 Å². The molecule has 0 bridgehead atoms. The fourth-order valence-corrected chi connectivity index (χ4v) is 6.18. The van der Waals surface area contributed by atoms with Crippen molar-refractivity contribution >= 4 is 37.7 Å². The summed E-state index contributed by atoms with van der Waals surface area (Å²) in [5, 5.41) is 1.58. The van der Waals surface area contributed by atoms with Gasteiger partial charge in [0.05, 0.1) is 33.3 Å². The van der Waals surface area contributed by atoms with E-state index >= 15 is 0 Å². The van der Waals surface area contributed by atoms with E-state index in [4.69, 9.17) is 0 Å². The molecule has 198 valence electrons. The van der Waals surface area contributed by atoms with Gasteiger partial charge < -0.3 is 4.83 Å². The number of aromatic nitrogens is 2. The number of carbonyl (C=O) groups is 1. The summed E-state index contributed by atoms with van der Waals surface area (Å²) in [5.74, 6) is -0.129. The highest BCUT2D eigenvalue weighted by Crippen LogP contribution is 2.38. The Morgan fingerprint density at radius 1 is 0.800 bits per heavy atom. The third kappa shape index (κ3) is 4.54. The Morgan fingerprint density at radius 2 is 1.43 bits per heavy atom. The highest BCUT2D eigenvalue weighted by Gasteiger charge is 2.27. The standard InChI is InChI=1S/C33H27N3O3S/c1-23-17-19-27(20-18-23)40(38,39)34-35-22-29-28-15-9-10-16-30(28)36(24(2)37)33(29)32(26-13-7-4-8-14-26)31(35)21-25-11-5-3-6-12-25/h3-20,22H,21H2,1-2H3. The van der Waals surface area contributed by atoms with Gasteiger partial charge in [-0.15, -0.1) is 0 Å². The number of aryl methyl sites for hydroxylation is 1. The predicted molar refractivity (Wildman–Crippen MR) is 158 cm³/mol. The minimum Gasteiger partial charge on any atom is -0.318 e. The van der Waals surface area contributed by atoms with Gasteiger partial charge in [-0.3, -0.25) is 9.36 Å². The molecular formula is C33H27N3O3S. The normalized spacial score (nSPS) is 11.7. The topological polar surface area (TPSA) is 74.1 Å². The summed E-state index contributed by atoms with van der Waals surface area (Å²) in [5.41, 5.74) is 5.71. The molecule has 4 aromatic carbocycles. The molecule has 0 amide bonds. The average Bonchev–Trinajstić information content (AvgIpc) is 3.28. The van der Waals surface area contributed by atoms with Gasteiger partial charge in [-0.05, 0) is 36.2 Å². The van der Waals surface area contributed by atoms with Crippen LogP contribution in [0.25, 0.3) is 37.8 Å². The largest absolute Gasteiger partial charge is 0.318 e. The number of carbonyl (C=O) groups excluding carboxylic acids is 1. The number of sulfonamides is 1. The van der Waals surface area contributed by atoms with E-state index in [-0.39, 0.29) is 10.8 Å². The molecule has 0 N–H and O–H groups in total. The molecule has 2 aromatic heterocycles. The van der Waals surface area contributed by atoms with Crippen molar-refractivity contribution in [3.63, 3.8) is 0 Å². The number of hydrogen-bond acceptors (Lipinski definition) is 3. The van der Waals surface area contributed by atoms with Gasteiger partial charge in [0.15, 0.2) is 21.9 Å². The predicted octanol–water partition coefficient (Wildman–Crippen LogP) is 6.83. The summed E-state index contributed by atoms with van der Waals surface area (Å²) in [7, 11) is -4.06. The number of rotatable bonds is 6. The molecule has 0 spiro atoms. The third-order valence-corrected chi connectivity index (χ3v) is 8.33. The summed E-state index contributed by atoms with van der Waals surface area (Å²) in [6.45, 7) is 3.45. The first-order valence-corrected chi connectivity index (χ1v) is 14.4. The smallest absolute Gasteiger partial charge is 0.228 e. The number of fused-ring (bicyclic) bond motifs is 3. The highest BCUT2D eigenvalue weighted by atomic mass is 32.2. The Balaban J connectivity index is 1.73. The van der Waals surface area contributed by atoms with Crippen LogP contribution < -0.4 is 4.68 Å². The van der Waals surface area contributed by atoms with E-state index in [1.165, 1.54) is 4.68 Å². The second-order valence-corrected chi connectivity index (χ2v) is 11.4. The fraction of sp³-hybridized carbons (Fsp3) is 0.0909. The molecule has 0 radical (unpaired) electrons. The highest BCUT2D eigenvalue weighted by molar-refractivity contribution is 7.93. The van der Waals surface area contributed by atoms with Gasteiger partial charge in [0.1, 0.15) is 0 Å². The molecular weight excluding hydrogens is 518 g/mol. The lowest BCUT2D eigenvalue weighted by Crippen LogP contribution is -2.38. The van der Waals surface area contributed by atoms with E-state index in [1.807, 2.05) is 91.9 Å². The fourth-order valence-electron chi connectivity index (χ4n) is 5.23. The Bertz CT molecular complexity index is 1980. The Kier molecular flexibility index (Phi) is 6.44. The van der Waals surface area contributed by atoms with E-state index in [1.54, 1.807) is 42.0 Å². The van der Waals surface area contributed by atoms with Crippen molar-refractivity contribution in [1.82, 2.24) is 4.57 Å². The van der Waals surface area contributed by atoms with Crippen molar-refractivity contribution in [3.05, 3.63) is 137 Å². The lowest BCUT2D eigenvalue weighted by Gasteiger charge is -2.21. The quantitative estimate of drug-likeness (QED) is 0.215. The maximum Gasteiger partial charge on any atom is 0.228 e. The van der Waals surface area contributed by atoms with Crippen LogP contribution in [0, 0.1) is 6.92 Å². The molecule has 0 aliphatic rings. The average molecular weight is 546 g/mol. The van der Waals surface area contributed by atoms with E-state index in [0.29, 0.717) is 12.1 Å². The first-order valence-electron chi connectivity index (χ1n) is 13.0. The molecule has 0 unspecified atom stereocenters. The molecule has 0 aliphatic heterocycles. The summed E-state index contributed by atoms with van der Waals surface area (Å²) in [4.78, 5) is 17.6. The van der Waals surface area contributed by atoms with E-state index in [9.17, 15) is 13.2 Å². The zero-order valence-corrected chi connectivity index (χ0v) is 23.0. The Morgan fingerprint density at radius 3 is 2.10 bits per heavy atom. The van der Waals surface area contributed by atoms with Gasteiger partial charge in [-0.2, -0.15) is 0 Å². The first kappa shape index (κ1) is 25.5. The molecule has 0 saturated carbocycles. The maximum atomic E-state index is 13.6. The van der Waals surface area contributed by atoms with Crippen LogP contribution in [0.2, 0.25) is 0 Å². The van der Waals surface area contributed by atoms with Crippen LogP contribution in [0.15, 0.2) is 120 Å². The van der Waals surface area contributed by atoms with Crippen LogP contribution in [0.1, 0.15) is 28.5 Å². The van der Waals surface area contributed by atoms with Crippen molar-refractivity contribution in [3.8, 4) is 11.1 Å². The second-order valence-electron chi connectivity index (χ2n) is 9.83. The molecule has 2 heterocycles. The van der Waals surface area contributed by atoms with E-state index in [2.05, 4.69) is 4.83 Å². The van der Waals surface area contributed by atoms with Gasteiger partial charge in [0.2, 0.25) is 5.91 Å². The molecule has 6 rings (SSSR count). The van der Waals surface area contributed by atoms with Crippen LogP contribution in [-0.4, -0.2) is 18.9 Å². The van der Waals surface area contributed by atoms with Crippen LogP contribution in [-0.2, 0) is 16.4 Å². The monoisotopic (exact) mass is 545 g/mol. The lowest BCUT2D eigenvalue weighted by atomic mass is 9.97. The molecule has 0 saturated heterocycles. The molecule has 6 aromatic rings. The number of nitrogens with zero attached hydrogens (tertiary/aromatic N) is 3. The van der Waals surface area contributed by atoms with Gasteiger partial charge >= 0.3 is 0 Å². The lowest BCUT2D eigenvalue weighted by molar-refractivity contribution is -0.619. The van der Waals surface area contributed by atoms with Crippen LogP contribution in [0.3, 0.4) is 0 Å². The van der Waals surface area contributed by atoms with Crippen LogP contribution in [0.5, 0.6) is 0 Å². The molecule has 0 fully saturated rings. The number of para-hydroxylation sites is 1. The first-order chi connectivity index (χ1) is 19.3. The summed E-state index contributed by atoms with van der Waals surface area (Å²) >= 11 is 0. The molecule has 40 heavy (non-hydrogen) atoms. The number of benzene rings is 4. The van der Waals surface area contributed by atoms with Crippen LogP contribution >= 0.6 is 0 Å². The van der Waals surface area contributed by atoms with Crippen molar-refractivity contribution in [2.75, 3.05) is 0 Å². The third-order valence-electron chi connectivity index (χ3n) is 7.07. The van der Waals surface area contributed by atoms with Crippen LogP contribution in [0.4, 0.5) is 0 Å². The van der Waals surface area contributed by atoms with Gasteiger partial charge in [0, 0.05) is 12.3 Å². The van der Waals surface area contributed by atoms with Gasteiger partial charge in [0.25, 0.3) is 0 Å². The van der Waals surface area contributed by atoms with Gasteiger partial charge in [-0.1, -0.05) is 96.6 Å². The van der Waals surface area contributed by atoms with Crippen molar-refractivity contribution in [2.45, 2.75) is 25.2 Å². The maximum absolute atomic E-state index is 13.6. The molecule has 0 aliphatic carbocycles. The summed E-state index contributed by atoms with van der Waals surface area (Å²) in [6.07, 6.45) is 2.14. The van der Waals surface area contributed by atoms with E-state index < -0.39 is 10.0 Å². The minimum atomic E-state index is -4.06. The molecule has 7 heteroatoms. The zero-order valence-electron chi connectivity index (χ0n) is 22.2. The number of pyridine rings is 1. The van der Waals surface area contributed by atoms with Gasteiger partial charge in [-0.25, -0.2) is 13.1 Å². The second kappa shape index (κ2) is 10.1. The summed E-state index contributed by atoms with van der Waals surface area (Å²) in [6, 6.07) is 33.9. The summed E-state index contributed by atoms with van der Waals surface area (Å²) < 4.78 is 30.5. The Labute approximate surface area is 233 Å². The molecule has 0 atom stereocenters. The number of hydrogen-bond donors (Lipinski definition) is 0. The van der Waals surface area contributed by atoms with Crippen molar-refractivity contribution < 1.29 is 17.9 Å². The van der Waals surface area contributed by atoms with Crippen molar-refractivity contribution in [1.29, 1.82) is 0 Å². The zero-order chi connectivity index (χ0) is 27.9. The SMILES string of the molecule is CC(=O)n1c2ccccc2c2c[n+]([N-]S(=O)(=O)c3ccc(C)cc3)c(Cc3ccccc3)c(-c3ccccc3)c21. The minimum absolute atomic E-state index is 0.115. The molecule has 6 nitrogen and oxygen atoms in total. The Hall–Kier alpha value is -4.75. The van der Waals surface area contributed by atoms with Crippen molar-refractivity contribution in [2.24, 2.45) is 0 Å².